The van der Waals surface area contributed by atoms with Gasteiger partial charge in [-0.2, -0.15) is 0 Å². The van der Waals surface area contributed by atoms with Gasteiger partial charge in [0, 0.05) is 38.4 Å². The fourth-order valence-corrected chi connectivity index (χ4v) is 3.72. The summed E-state index contributed by atoms with van der Waals surface area (Å²) >= 11 is 0. The molecule has 2 aromatic heterocycles. The summed E-state index contributed by atoms with van der Waals surface area (Å²) in [4.78, 5) is 31.4. The van der Waals surface area contributed by atoms with E-state index in [-0.39, 0.29) is 30.2 Å². The molecule has 2 N–H and O–H groups in total. The van der Waals surface area contributed by atoms with E-state index in [4.69, 9.17) is 9.26 Å². The van der Waals surface area contributed by atoms with Crippen LogP contribution in [-0.2, 0) is 20.9 Å². The van der Waals surface area contributed by atoms with Crippen molar-refractivity contribution in [2.45, 2.75) is 13.0 Å². The van der Waals surface area contributed by atoms with Crippen LogP contribution in [-0.4, -0.2) is 66.2 Å². The summed E-state index contributed by atoms with van der Waals surface area (Å²) in [6.07, 6.45) is 2.24. The van der Waals surface area contributed by atoms with Crippen molar-refractivity contribution >= 4 is 11.8 Å². The van der Waals surface area contributed by atoms with Gasteiger partial charge >= 0.3 is 0 Å². The highest BCUT2D eigenvalue weighted by molar-refractivity contribution is 5.83. The molecule has 2 unspecified atom stereocenters. The predicted molar refractivity (Wildman–Crippen MR) is 103 cm³/mol. The summed E-state index contributed by atoms with van der Waals surface area (Å²) in [5, 5.41) is 10.1. The van der Waals surface area contributed by atoms with Crippen molar-refractivity contribution < 1.29 is 18.8 Å². The molecule has 4 heterocycles. The van der Waals surface area contributed by atoms with Gasteiger partial charge in [-0.3, -0.25) is 14.6 Å². The van der Waals surface area contributed by atoms with Gasteiger partial charge in [0.1, 0.15) is 5.69 Å². The van der Waals surface area contributed by atoms with Crippen LogP contribution in [0.3, 0.4) is 0 Å². The molecule has 2 atom stereocenters. The molecule has 0 aromatic carbocycles. The maximum absolute atomic E-state index is 12.7. The van der Waals surface area contributed by atoms with Crippen molar-refractivity contribution in [1.82, 2.24) is 25.7 Å². The average molecular weight is 399 g/mol. The first-order valence-electron chi connectivity index (χ1n) is 9.92. The van der Waals surface area contributed by atoms with Crippen LogP contribution in [0.4, 0.5) is 0 Å². The molecule has 2 fully saturated rings. The van der Waals surface area contributed by atoms with Crippen LogP contribution in [0.25, 0.3) is 11.4 Å². The Morgan fingerprint density at radius 2 is 2.00 bits per heavy atom. The monoisotopic (exact) mass is 399 g/mol. The van der Waals surface area contributed by atoms with Gasteiger partial charge in [-0.25, -0.2) is 0 Å². The van der Waals surface area contributed by atoms with Crippen LogP contribution in [0.2, 0.25) is 0 Å². The zero-order valence-corrected chi connectivity index (χ0v) is 16.2. The fourth-order valence-electron chi connectivity index (χ4n) is 3.72. The Balaban J connectivity index is 1.29. The van der Waals surface area contributed by atoms with E-state index in [9.17, 15) is 9.59 Å². The first-order chi connectivity index (χ1) is 14.2. The second-order valence-corrected chi connectivity index (χ2v) is 7.34. The van der Waals surface area contributed by atoms with Crippen LogP contribution < -0.4 is 10.6 Å². The largest absolute Gasteiger partial charge is 0.378 e. The molecule has 2 aromatic rings. The smallest absolute Gasteiger partial charge is 0.227 e. The number of carbonyl (C=O) groups excluding carboxylic acids is 2. The highest BCUT2D eigenvalue weighted by Gasteiger charge is 2.33. The summed E-state index contributed by atoms with van der Waals surface area (Å²) in [5.41, 5.74) is 1.35. The van der Waals surface area contributed by atoms with E-state index in [1.165, 1.54) is 0 Å². The molecule has 29 heavy (non-hydrogen) atoms. The molecule has 9 heteroatoms. The Kier molecular flexibility index (Phi) is 6.16. The third-order valence-corrected chi connectivity index (χ3v) is 5.32. The molecule has 0 spiro atoms. The van der Waals surface area contributed by atoms with Crippen molar-refractivity contribution in [2.75, 3.05) is 39.4 Å². The molecule has 0 bridgehead atoms. The minimum Gasteiger partial charge on any atom is -0.378 e. The SMILES string of the molecule is O=C(NCc1cc(-c2ccccn2)no1)C1CNCC(C(=O)N2CCOCC2)C1. The molecule has 154 valence electrons. The summed E-state index contributed by atoms with van der Waals surface area (Å²) in [6.45, 7) is 3.81. The molecular formula is C20H25N5O4. The van der Waals surface area contributed by atoms with Gasteiger partial charge in [0.25, 0.3) is 0 Å². The first kappa shape index (κ1) is 19.5. The Hall–Kier alpha value is -2.78. The number of hydrogen-bond acceptors (Lipinski definition) is 7. The lowest BCUT2D eigenvalue weighted by molar-refractivity contribution is -0.141. The molecule has 4 rings (SSSR count). The molecule has 9 nitrogen and oxygen atoms in total. The van der Waals surface area contributed by atoms with E-state index >= 15 is 0 Å². The number of carbonyl (C=O) groups is 2. The number of amides is 2. The van der Waals surface area contributed by atoms with Gasteiger partial charge in [0.2, 0.25) is 11.8 Å². The van der Waals surface area contributed by atoms with Crippen molar-refractivity contribution in [1.29, 1.82) is 0 Å². The Morgan fingerprint density at radius 1 is 1.17 bits per heavy atom. The molecule has 0 radical (unpaired) electrons. The number of piperidine rings is 1. The minimum absolute atomic E-state index is 0.0900. The second kappa shape index (κ2) is 9.15. The molecule has 0 aliphatic carbocycles. The van der Waals surface area contributed by atoms with Crippen LogP contribution in [0.15, 0.2) is 35.0 Å². The lowest BCUT2D eigenvalue weighted by Gasteiger charge is -2.34. The number of morpholine rings is 1. The maximum atomic E-state index is 12.7. The summed E-state index contributed by atoms with van der Waals surface area (Å²) < 4.78 is 10.6. The highest BCUT2D eigenvalue weighted by Crippen LogP contribution is 2.20. The third kappa shape index (κ3) is 4.80. The zero-order valence-electron chi connectivity index (χ0n) is 16.2. The Morgan fingerprint density at radius 3 is 2.79 bits per heavy atom. The standard InChI is InChI=1S/C20H25N5O4/c26-19(23-13-16-10-18(24-29-16)17-3-1-2-4-22-17)14-9-15(12-21-11-14)20(27)25-5-7-28-8-6-25/h1-4,10,14-15,21H,5-9,11-13H2,(H,23,26). The van der Waals surface area contributed by atoms with Crippen LogP contribution in [0.1, 0.15) is 12.2 Å². The number of aromatic nitrogens is 2. The van der Waals surface area contributed by atoms with Gasteiger partial charge < -0.3 is 24.8 Å². The van der Waals surface area contributed by atoms with E-state index in [0.29, 0.717) is 57.3 Å². The highest BCUT2D eigenvalue weighted by atomic mass is 16.5. The maximum Gasteiger partial charge on any atom is 0.227 e. The number of pyridine rings is 1. The van der Waals surface area contributed by atoms with Crippen LogP contribution >= 0.6 is 0 Å². The quantitative estimate of drug-likeness (QED) is 0.751. The molecular weight excluding hydrogens is 374 g/mol. The van der Waals surface area contributed by atoms with Gasteiger partial charge in [-0.05, 0) is 18.6 Å². The van der Waals surface area contributed by atoms with Gasteiger partial charge in [0.05, 0.1) is 37.3 Å². The number of rotatable bonds is 5. The molecule has 0 saturated carbocycles. The van der Waals surface area contributed by atoms with Crippen LogP contribution in [0.5, 0.6) is 0 Å². The number of nitrogens with one attached hydrogen (secondary N) is 2. The predicted octanol–water partition coefficient (Wildman–Crippen LogP) is 0.437. The van der Waals surface area contributed by atoms with Gasteiger partial charge in [-0.1, -0.05) is 11.2 Å². The van der Waals surface area contributed by atoms with Gasteiger partial charge in [-0.15, -0.1) is 0 Å². The fraction of sp³-hybridized carbons (Fsp3) is 0.500. The van der Waals surface area contributed by atoms with E-state index in [2.05, 4.69) is 20.8 Å². The third-order valence-electron chi connectivity index (χ3n) is 5.32. The Bertz CT molecular complexity index is 834. The molecule has 2 aliphatic heterocycles. The second-order valence-electron chi connectivity index (χ2n) is 7.34. The van der Waals surface area contributed by atoms with E-state index in [0.717, 1.165) is 5.69 Å². The molecule has 2 amide bonds. The normalized spacial score (nSPS) is 22.3. The van der Waals surface area contributed by atoms with Gasteiger partial charge in [0.15, 0.2) is 5.76 Å². The van der Waals surface area contributed by atoms with E-state index in [1.54, 1.807) is 12.3 Å². The molecule has 2 saturated heterocycles. The topological polar surface area (TPSA) is 110 Å². The number of hydrogen-bond donors (Lipinski definition) is 2. The number of nitrogens with zero attached hydrogens (tertiary/aromatic N) is 3. The zero-order chi connectivity index (χ0) is 20.1. The summed E-state index contributed by atoms with van der Waals surface area (Å²) in [6, 6.07) is 7.33. The average Bonchev–Trinajstić information content (AvgIpc) is 3.27. The summed E-state index contributed by atoms with van der Waals surface area (Å²) in [7, 11) is 0. The van der Waals surface area contributed by atoms with E-state index in [1.807, 2.05) is 23.1 Å². The molecule has 2 aliphatic rings. The Labute approximate surface area is 168 Å². The minimum atomic E-state index is -0.253. The summed E-state index contributed by atoms with van der Waals surface area (Å²) in [5.74, 6) is 0.139. The van der Waals surface area contributed by atoms with Crippen molar-refractivity contribution in [2.24, 2.45) is 11.8 Å². The first-order valence-corrected chi connectivity index (χ1v) is 9.92. The van der Waals surface area contributed by atoms with Crippen molar-refractivity contribution in [3.05, 3.63) is 36.2 Å². The van der Waals surface area contributed by atoms with Crippen LogP contribution in [0, 0.1) is 11.8 Å². The van der Waals surface area contributed by atoms with E-state index < -0.39 is 0 Å². The lowest BCUT2D eigenvalue weighted by Crippen LogP contribution is -2.51. The van der Waals surface area contributed by atoms with Crippen molar-refractivity contribution in [3.63, 3.8) is 0 Å². The van der Waals surface area contributed by atoms with Crippen molar-refractivity contribution in [3.8, 4) is 11.4 Å². The lowest BCUT2D eigenvalue weighted by atomic mass is 9.88. The number of ether oxygens (including phenoxy) is 1.